The first-order chi connectivity index (χ1) is 12.3. The van der Waals surface area contributed by atoms with Gasteiger partial charge < -0.3 is 10.1 Å². The van der Waals surface area contributed by atoms with Crippen LogP contribution in [-0.4, -0.2) is 23.5 Å². The first kappa shape index (κ1) is 20.2. The van der Waals surface area contributed by atoms with Crippen LogP contribution in [0.3, 0.4) is 0 Å². The molecule has 1 aliphatic rings. The number of hydrogen-bond donors (Lipinski definition) is 1. The first-order valence-corrected chi connectivity index (χ1v) is 9.27. The second-order valence-corrected chi connectivity index (χ2v) is 6.86. The normalized spacial score (nSPS) is 17.4. The van der Waals surface area contributed by atoms with Crippen molar-refractivity contribution < 1.29 is 22.7 Å². The SMILES string of the molecule is C[C@@H]1CCSCC(=O)N1.FC(F)(F)c1cccc(Oc2ccccc2)c1. The molecule has 0 aromatic heterocycles. The molecule has 1 heterocycles. The Labute approximate surface area is 154 Å². The summed E-state index contributed by atoms with van der Waals surface area (Å²) in [5.41, 5.74) is -0.717. The zero-order valence-corrected chi connectivity index (χ0v) is 15.1. The second-order valence-electron chi connectivity index (χ2n) is 5.75. The minimum atomic E-state index is -4.35. The maximum absolute atomic E-state index is 12.5. The van der Waals surface area contributed by atoms with E-state index in [0.717, 1.165) is 24.3 Å². The van der Waals surface area contributed by atoms with Gasteiger partial charge in [-0.05, 0) is 49.4 Å². The Morgan fingerprint density at radius 3 is 2.46 bits per heavy atom. The van der Waals surface area contributed by atoms with Gasteiger partial charge in [-0.25, -0.2) is 0 Å². The molecule has 2 aromatic carbocycles. The number of ether oxygens (including phenoxy) is 1. The van der Waals surface area contributed by atoms with Crippen molar-refractivity contribution in [2.75, 3.05) is 11.5 Å². The highest BCUT2D eigenvalue weighted by molar-refractivity contribution is 7.99. The Morgan fingerprint density at radius 2 is 1.77 bits per heavy atom. The number of halogens is 3. The molecule has 1 N–H and O–H groups in total. The lowest BCUT2D eigenvalue weighted by atomic mass is 10.2. The topological polar surface area (TPSA) is 38.3 Å². The summed E-state index contributed by atoms with van der Waals surface area (Å²) < 4.78 is 42.7. The first-order valence-electron chi connectivity index (χ1n) is 8.12. The van der Waals surface area contributed by atoms with Crippen LogP contribution in [0.5, 0.6) is 11.5 Å². The number of thioether (sulfide) groups is 1. The average molecular weight is 383 g/mol. The molecule has 0 bridgehead atoms. The van der Waals surface area contributed by atoms with Gasteiger partial charge in [0.1, 0.15) is 11.5 Å². The molecule has 0 spiro atoms. The third-order valence-corrected chi connectivity index (χ3v) is 4.47. The molecule has 1 fully saturated rings. The van der Waals surface area contributed by atoms with Crippen molar-refractivity contribution in [1.29, 1.82) is 0 Å². The third kappa shape index (κ3) is 7.00. The van der Waals surface area contributed by atoms with Gasteiger partial charge in [-0.2, -0.15) is 24.9 Å². The van der Waals surface area contributed by atoms with Crippen LogP contribution < -0.4 is 10.1 Å². The van der Waals surface area contributed by atoms with E-state index in [1.165, 1.54) is 12.1 Å². The van der Waals surface area contributed by atoms with Crippen molar-refractivity contribution in [2.24, 2.45) is 0 Å². The Hall–Kier alpha value is -2.15. The molecule has 0 radical (unpaired) electrons. The molecule has 3 nitrogen and oxygen atoms in total. The van der Waals surface area contributed by atoms with Gasteiger partial charge in [0.15, 0.2) is 0 Å². The number of nitrogens with one attached hydrogen (secondary N) is 1. The van der Waals surface area contributed by atoms with Gasteiger partial charge in [0.25, 0.3) is 0 Å². The van der Waals surface area contributed by atoms with Crippen LogP contribution in [-0.2, 0) is 11.0 Å². The van der Waals surface area contributed by atoms with Gasteiger partial charge >= 0.3 is 6.18 Å². The van der Waals surface area contributed by atoms with Crippen LogP contribution in [0.25, 0.3) is 0 Å². The van der Waals surface area contributed by atoms with Crippen molar-refractivity contribution in [2.45, 2.75) is 25.6 Å². The molecule has 0 unspecified atom stereocenters. The molecule has 1 saturated heterocycles. The summed E-state index contributed by atoms with van der Waals surface area (Å²) in [5, 5.41) is 2.88. The van der Waals surface area contributed by atoms with Gasteiger partial charge in [-0.15, -0.1) is 0 Å². The van der Waals surface area contributed by atoms with Gasteiger partial charge in [-0.3, -0.25) is 4.79 Å². The van der Waals surface area contributed by atoms with E-state index in [9.17, 15) is 18.0 Å². The number of amides is 1. The molecule has 140 valence electrons. The molecule has 26 heavy (non-hydrogen) atoms. The van der Waals surface area contributed by atoms with E-state index in [2.05, 4.69) is 5.32 Å². The van der Waals surface area contributed by atoms with E-state index in [0.29, 0.717) is 17.5 Å². The van der Waals surface area contributed by atoms with Crippen LogP contribution >= 0.6 is 11.8 Å². The highest BCUT2D eigenvalue weighted by Gasteiger charge is 2.30. The monoisotopic (exact) mass is 383 g/mol. The minimum absolute atomic E-state index is 0.172. The minimum Gasteiger partial charge on any atom is -0.457 e. The maximum Gasteiger partial charge on any atom is 0.416 e. The number of carbonyl (C=O) groups excluding carboxylic acids is 1. The Morgan fingerprint density at radius 1 is 1.08 bits per heavy atom. The quantitative estimate of drug-likeness (QED) is 0.782. The van der Waals surface area contributed by atoms with E-state index in [-0.39, 0.29) is 11.7 Å². The van der Waals surface area contributed by atoms with E-state index >= 15 is 0 Å². The van der Waals surface area contributed by atoms with Gasteiger partial charge in [0.2, 0.25) is 5.91 Å². The largest absolute Gasteiger partial charge is 0.457 e. The Kier molecular flexibility index (Phi) is 7.38. The summed E-state index contributed by atoms with van der Waals surface area (Å²) in [6.07, 6.45) is -3.24. The Balaban J connectivity index is 0.000000228. The zero-order valence-electron chi connectivity index (χ0n) is 14.3. The highest BCUT2D eigenvalue weighted by Crippen LogP contribution is 2.32. The van der Waals surface area contributed by atoms with Crippen LogP contribution in [0.15, 0.2) is 54.6 Å². The fourth-order valence-corrected chi connectivity index (χ4v) is 3.11. The predicted molar refractivity (Wildman–Crippen MR) is 97.5 cm³/mol. The molecule has 1 amide bonds. The fraction of sp³-hybridized carbons (Fsp3) is 0.316. The van der Waals surface area contributed by atoms with Crippen LogP contribution in [0.4, 0.5) is 13.2 Å². The lowest BCUT2D eigenvalue weighted by Crippen LogP contribution is -2.31. The number of rotatable bonds is 2. The standard InChI is InChI=1S/C13H9F3O.C6H11NOS/c14-13(15,16)10-5-4-8-12(9-10)17-11-6-2-1-3-7-11;1-5-2-3-9-4-6(8)7-5/h1-9H;5H,2-4H2,1H3,(H,7,8)/t;5-/m.1/s1. The highest BCUT2D eigenvalue weighted by atomic mass is 32.2. The smallest absolute Gasteiger partial charge is 0.416 e. The average Bonchev–Trinajstić information content (AvgIpc) is 2.79. The molecule has 7 heteroatoms. The van der Waals surface area contributed by atoms with Crippen molar-refractivity contribution in [3.63, 3.8) is 0 Å². The predicted octanol–water partition coefficient (Wildman–Crippen LogP) is 5.13. The lowest BCUT2D eigenvalue weighted by molar-refractivity contribution is -0.137. The number of para-hydroxylation sites is 1. The van der Waals surface area contributed by atoms with Crippen molar-refractivity contribution in [3.8, 4) is 11.5 Å². The van der Waals surface area contributed by atoms with E-state index < -0.39 is 11.7 Å². The third-order valence-electron chi connectivity index (χ3n) is 3.48. The van der Waals surface area contributed by atoms with Gasteiger partial charge in [-0.1, -0.05) is 24.3 Å². The molecule has 1 atom stereocenters. The molecule has 0 aliphatic carbocycles. The van der Waals surface area contributed by atoms with Gasteiger partial charge in [0, 0.05) is 6.04 Å². The Bertz CT molecular complexity index is 707. The van der Waals surface area contributed by atoms with Crippen LogP contribution in [0.1, 0.15) is 18.9 Å². The van der Waals surface area contributed by atoms with E-state index in [4.69, 9.17) is 4.74 Å². The van der Waals surface area contributed by atoms with Crippen molar-refractivity contribution in [3.05, 3.63) is 60.2 Å². The summed E-state index contributed by atoms with van der Waals surface area (Å²) in [6, 6.07) is 13.9. The lowest BCUT2D eigenvalue weighted by Gasteiger charge is -2.09. The molecular formula is C19H20F3NO2S. The summed E-state index contributed by atoms with van der Waals surface area (Å²) >= 11 is 1.72. The molecular weight excluding hydrogens is 363 g/mol. The van der Waals surface area contributed by atoms with Crippen molar-refractivity contribution in [1.82, 2.24) is 5.32 Å². The molecule has 3 rings (SSSR count). The number of carbonyl (C=O) groups is 1. The fourth-order valence-electron chi connectivity index (χ4n) is 2.17. The molecule has 2 aromatic rings. The van der Waals surface area contributed by atoms with Crippen LogP contribution in [0, 0.1) is 0 Å². The van der Waals surface area contributed by atoms with Crippen LogP contribution in [0.2, 0.25) is 0 Å². The number of benzene rings is 2. The summed E-state index contributed by atoms with van der Waals surface area (Å²) in [5.74, 6) is 2.62. The van der Waals surface area contributed by atoms with Crippen molar-refractivity contribution >= 4 is 17.7 Å². The molecule has 0 saturated carbocycles. The van der Waals surface area contributed by atoms with E-state index in [1.54, 1.807) is 42.1 Å². The zero-order chi connectivity index (χ0) is 19.0. The summed E-state index contributed by atoms with van der Waals surface area (Å²) in [4.78, 5) is 10.8. The molecule has 1 aliphatic heterocycles. The van der Waals surface area contributed by atoms with E-state index in [1.807, 2.05) is 6.92 Å². The summed E-state index contributed by atoms with van der Waals surface area (Å²) in [6.45, 7) is 2.05. The van der Waals surface area contributed by atoms with Gasteiger partial charge in [0.05, 0.1) is 11.3 Å². The number of hydrogen-bond acceptors (Lipinski definition) is 3. The summed E-state index contributed by atoms with van der Waals surface area (Å²) in [7, 11) is 0. The maximum atomic E-state index is 12.5. The number of alkyl halides is 3. The second kappa shape index (κ2) is 9.52.